The van der Waals surface area contributed by atoms with Crippen molar-refractivity contribution in [2.45, 2.75) is 38.0 Å². The molecule has 0 aliphatic heterocycles. The second-order valence-corrected chi connectivity index (χ2v) is 6.83. The molecule has 4 aromatic rings. The van der Waals surface area contributed by atoms with Gasteiger partial charge in [0.25, 0.3) is 0 Å². The van der Waals surface area contributed by atoms with Crippen LogP contribution >= 0.6 is 0 Å². The first-order chi connectivity index (χ1) is 12.3. The monoisotopic (exact) mass is 332 g/mol. The quantitative estimate of drug-likeness (QED) is 0.583. The average Bonchev–Trinajstić information content (AvgIpc) is 3.24. The third-order valence-corrected chi connectivity index (χ3v) is 5.24. The summed E-state index contributed by atoms with van der Waals surface area (Å²) in [5.74, 6) is 1.92. The number of rotatable bonds is 2. The van der Waals surface area contributed by atoms with Crippen LogP contribution in [0.15, 0.2) is 36.7 Å². The van der Waals surface area contributed by atoms with Crippen molar-refractivity contribution in [3.8, 4) is 11.4 Å². The number of aromatic nitrogens is 5. The van der Waals surface area contributed by atoms with Crippen LogP contribution in [0.5, 0.6) is 0 Å². The van der Waals surface area contributed by atoms with E-state index in [-0.39, 0.29) is 0 Å². The van der Waals surface area contributed by atoms with Crippen LogP contribution in [0.25, 0.3) is 27.8 Å². The van der Waals surface area contributed by atoms with Crippen molar-refractivity contribution in [3.05, 3.63) is 42.5 Å². The van der Waals surface area contributed by atoms with E-state index in [0.717, 1.165) is 46.5 Å². The number of para-hydroxylation sites is 1. The fourth-order valence-electron chi connectivity index (χ4n) is 3.99. The zero-order valence-electron chi connectivity index (χ0n) is 13.9. The van der Waals surface area contributed by atoms with Crippen LogP contribution in [-0.4, -0.2) is 24.6 Å². The lowest BCUT2D eigenvalue weighted by Gasteiger charge is -2.19. The van der Waals surface area contributed by atoms with E-state index in [0.29, 0.717) is 11.7 Å². The van der Waals surface area contributed by atoms with Gasteiger partial charge in [-0.2, -0.15) is 5.10 Å². The fraction of sp³-hybridized carbons (Fsp3) is 0.316. The minimum absolute atomic E-state index is 0.439. The number of aromatic amines is 1. The van der Waals surface area contributed by atoms with Crippen molar-refractivity contribution >= 4 is 22.2 Å². The summed E-state index contributed by atoms with van der Waals surface area (Å²) in [7, 11) is 0. The molecule has 6 nitrogen and oxygen atoms in total. The fourth-order valence-corrected chi connectivity index (χ4v) is 3.99. The smallest absolute Gasteiger partial charge is 0.153 e. The van der Waals surface area contributed by atoms with E-state index >= 15 is 0 Å². The van der Waals surface area contributed by atoms with Gasteiger partial charge in [-0.15, -0.1) is 0 Å². The number of imidazole rings is 1. The minimum atomic E-state index is 0.439. The topological polar surface area (TPSA) is 84.9 Å². The summed E-state index contributed by atoms with van der Waals surface area (Å²) >= 11 is 0. The van der Waals surface area contributed by atoms with Gasteiger partial charge >= 0.3 is 0 Å². The van der Waals surface area contributed by atoms with Gasteiger partial charge in [0, 0.05) is 16.8 Å². The van der Waals surface area contributed by atoms with Gasteiger partial charge in [0.2, 0.25) is 0 Å². The molecule has 1 aliphatic carbocycles. The first-order valence-electron chi connectivity index (χ1n) is 8.88. The zero-order chi connectivity index (χ0) is 16.8. The molecular formula is C19H20N6. The van der Waals surface area contributed by atoms with E-state index in [1.54, 1.807) is 0 Å². The van der Waals surface area contributed by atoms with Gasteiger partial charge < -0.3 is 10.7 Å². The van der Waals surface area contributed by atoms with Gasteiger partial charge in [-0.25, -0.2) is 14.5 Å². The Labute approximate surface area is 145 Å². The highest BCUT2D eigenvalue weighted by molar-refractivity contribution is 5.91. The number of nitrogens with one attached hydrogen (secondary N) is 1. The molecule has 3 N–H and O–H groups in total. The lowest BCUT2D eigenvalue weighted by Crippen LogP contribution is -2.10. The summed E-state index contributed by atoms with van der Waals surface area (Å²) in [6.45, 7) is 0. The van der Waals surface area contributed by atoms with Gasteiger partial charge in [-0.3, -0.25) is 0 Å². The highest BCUT2D eigenvalue weighted by Crippen LogP contribution is 2.36. The molecule has 0 amide bonds. The number of anilines is 1. The van der Waals surface area contributed by atoms with Gasteiger partial charge in [0.1, 0.15) is 23.4 Å². The normalized spacial score (nSPS) is 16.0. The molecule has 1 saturated carbocycles. The Kier molecular flexibility index (Phi) is 3.23. The number of hydrogen-bond donors (Lipinski definition) is 2. The minimum Gasteiger partial charge on any atom is -0.382 e. The number of H-pyrrole nitrogens is 1. The molecule has 25 heavy (non-hydrogen) atoms. The predicted molar refractivity (Wildman–Crippen MR) is 98.3 cm³/mol. The average molecular weight is 332 g/mol. The van der Waals surface area contributed by atoms with Crippen LogP contribution in [0.2, 0.25) is 0 Å². The van der Waals surface area contributed by atoms with Crippen molar-refractivity contribution in [2.24, 2.45) is 0 Å². The Bertz CT molecular complexity index is 1020. The predicted octanol–water partition coefficient (Wildman–Crippen LogP) is 3.90. The zero-order valence-corrected chi connectivity index (χ0v) is 13.9. The van der Waals surface area contributed by atoms with Crippen LogP contribution in [0.3, 0.4) is 0 Å². The van der Waals surface area contributed by atoms with Gasteiger partial charge in [-0.05, 0) is 25.0 Å². The molecule has 5 rings (SSSR count). The van der Waals surface area contributed by atoms with Crippen molar-refractivity contribution in [1.29, 1.82) is 0 Å². The number of nitrogen functional groups attached to an aromatic ring is 1. The Morgan fingerprint density at radius 2 is 1.96 bits per heavy atom. The molecule has 0 atom stereocenters. The third kappa shape index (κ3) is 2.28. The van der Waals surface area contributed by atoms with E-state index in [2.05, 4.69) is 33.3 Å². The van der Waals surface area contributed by atoms with Gasteiger partial charge in [0.15, 0.2) is 5.82 Å². The molecule has 0 unspecified atom stereocenters. The third-order valence-electron chi connectivity index (χ3n) is 5.24. The molecule has 126 valence electrons. The first-order valence-corrected chi connectivity index (χ1v) is 8.88. The molecule has 3 aromatic heterocycles. The highest BCUT2D eigenvalue weighted by Gasteiger charge is 2.25. The van der Waals surface area contributed by atoms with Crippen molar-refractivity contribution in [2.75, 3.05) is 5.73 Å². The molecule has 0 bridgehead atoms. The number of nitrogens with zero attached hydrogens (tertiary/aromatic N) is 4. The van der Waals surface area contributed by atoms with Gasteiger partial charge in [0.05, 0.1) is 5.69 Å². The summed E-state index contributed by atoms with van der Waals surface area (Å²) in [5.41, 5.74) is 9.90. The summed E-state index contributed by atoms with van der Waals surface area (Å²) < 4.78 is 1.90. The number of fused-ring (bicyclic) bond motifs is 2. The molecular weight excluding hydrogens is 312 g/mol. The highest BCUT2D eigenvalue weighted by atomic mass is 15.3. The number of nitrogens with two attached hydrogens (primary N) is 1. The van der Waals surface area contributed by atoms with Crippen LogP contribution in [-0.2, 0) is 0 Å². The van der Waals surface area contributed by atoms with Crippen molar-refractivity contribution in [3.63, 3.8) is 0 Å². The van der Waals surface area contributed by atoms with E-state index in [1.807, 2.05) is 16.6 Å². The van der Waals surface area contributed by atoms with E-state index in [9.17, 15) is 0 Å². The number of benzene rings is 1. The summed E-state index contributed by atoms with van der Waals surface area (Å²) in [5, 5.41) is 5.63. The summed E-state index contributed by atoms with van der Waals surface area (Å²) in [6.07, 6.45) is 7.66. The maximum absolute atomic E-state index is 6.21. The SMILES string of the molecule is Nc1ncnn2c(C3CCCCC3)nc(-c3cc4ccccc4[nH]3)c12. The molecule has 3 heterocycles. The van der Waals surface area contributed by atoms with Crippen LogP contribution in [0, 0.1) is 0 Å². The van der Waals surface area contributed by atoms with E-state index in [4.69, 9.17) is 10.7 Å². The molecule has 0 spiro atoms. The molecule has 1 aliphatic rings. The maximum Gasteiger partial charge on any atom is 0.153 e. The van der Waals surface area contributed by atoms with Gasteiger partial charge in [-0.1, -0.05) is 37.5 Å². The lowest BCUT2D eigenvalue weighted by atomic mass is 9.89. The number of hydrogen-bond acceptors (Lipinski definition) is 4. The van der Waals surface area contributed by atoms with Crippen LogP contribution in [0.4, 0.5) is 5.82 Å². The summed E-state index contributed by atoms with van der Waals surface area (Å²) in [6, 6.07) is 10.3. The van der Waals surface area contributed by atoms with Crippen molar-refractivity contribution < 1.29 is 0 Å². The molecule has 1 aromatic carbocycles. The lowest BCUT2D eigenvalue weighted by molar-refractivity contribution is 0.424. The second-order valence-electron chi connectivity index (χ2n) is 6.83. The Balaban J connectivity index is 1.74. The first kappa shape index (κ1) is 14.5. The van der Waals surface area contributed by atoms with E-state index < -0.39 is 0 Å². The van der Waals surface area contributed by atoms with Crippen LogP contribution in [0.1, 0.15) is 43.8 Å². The largest absolute Gasteiger partial charge is 0.382 e. The molecule has 0 saturated heterocycles. The van der Waals surface area contributed by atoms with Crippen molar-refractivity contribution in [1.82, 2.24) is 24.6 Å². The molecule has 6 heteroatoms. The Morgan fingerprint density at radius 3 is 2.80 bits per heavy atom. The maximum atomic E-state index is 6.21. The Morgan fingerprint density at radius 1 is 1.12 bits per heavy atom. The standard InChI is InChI=1S/C19H20N6/c20-18-17-16(15-10-13-8-4-5-9-14(13)23-15)24-19(25(17)22-11-21-18)12-6-2-1-3-7-12/h4-5,8-12,23H,1-3,6-7H2,(H2,20,21,22). The Hall–Kier alpha value is -2.89. The summed E-state index contributed by atoms with van der Waals surface area (Å²) in [4.78, 5) is 12.6. The van der Waals surface area contributed by atoms with E-state index in [1.165, 1.54) is 25.6 Å². The second kappa shape index (κ2) is 5.58. The molecule has 1 fully saturated rings. The van der Waals surface area contributed by atoms with Crippen LogP contribution < -0.4 is 5.73 Å². The molecule has 0 radical (unpaired) electrons.